The van der Waals surface area contributed by atoms with Gasteiger partial charge in [0, 0.05) is 0 Å². The quantitative estimate of drug-likeness (QED) is 0.271. The average Bonchev–Trinajstić information content (AvgIpc) is 0. The van der Waals surface area contributed by atoms with Crippen LogP contribution in [0.4, 0.5) is 0 Å². The molecule has 0 aliphatic rings. The molecular weight excluding hydrogens is 204 g/mol. The predicted molar refractivity (Wildman–Crippen MR) is 5.75 cm³/mol. The van der Waals surface area contributed by atoms with Gasteiger partial charge in [-0.1, -0.05) is 0 Å². The first-order chi connectivity index (χ1) is 0. The Bertz CT molecular complexity index is 3.61. The van der Waals surface area contributed by atoms with Crippen LogP contribution in [0.25, 0.3) is 0 Å². The Morgan fingerprint density at radius 2 is 0.400 bits per heavy atom. The molecule has 0 aliphatic heterocycles. The van der Waals surface area contributed by atoms with Gasteiger partial charge in [-0.25, -0.2) is 0 Å². The number of rotatable bonds is 0. The van der Waals surface area contributed by atoms with E-state index in [4.69, 9.17) is 0 Å². The van der Waals surface area contributed by atoms with Crippen molar-refractivity contribution in [3.63, 3.8) is 0 Å². The molecule has 2 radical (unpaired) electrons. The van der Waals surface area contributed by atoms with Crippen LogP contribution in [0.3, 0.4) is 0 Å². The molecule has 0 aromatic rings. The molecule has 0 N–H and O–H groups in total. The molecule has 0 aliphatic carbocycles. The third kappa shape index (κ3) is 109. The van der Waals surface area contributed by atoms with E-state index in [1.807, 2.05) is 0 Å². The van der Waals surface area contributed by atoms with E-state index in [1.54, 1.807) is 0 Å². The van der Waals surface area contributed by atoms with Crippen molar-refractivity contribution in [3.8, 4) is 0 Å². The van der Waals surface area contributed by atoms with Gasteiger partial charge in [0.2, 0.25) is 0 Å². The molecule has 5 heteroatoms. The van der Waals surface area contributed by atoms with Gasteiger partial charge in [-0.15, -0.1) is 0 Å². The van der Waals surface area contributed by atoms with Gasteiger partial charge in [0.05, 0.1) is 0 Å². The van der Waals surface area contributed by atoms with Crippen LogP contribution < -0.4 is 18.8 Å². The molecule has 0 atom stereocenters. The Morgan fingerprint density at radius 3 is 0.400 bits per heavy atom. The standard InChI is InChI=1S/4FH.Te/h4*1H;/q;;;;+4/p-4. The maximum Gasteiger partial charge on any atom is 4.00 e. The maximum absolute atomic E-state index is 0. The summed E-state index contributed by atoms with van der Waals surface area (Å²) in [6.45, 7) is 0. The van der Waals surface area contributed by atoms with Crippen LogP contribution in [-0.2, 0) is 0 Å². The molecule has 0 heterocycles. The SMILES string of the molecule is [F-].[F-].[F-].[F-].[Te+4]. The maximum atomic E-state index is 0. The summed E-state index contributed by atoms with van der Waals surface area (Å²) in [5, 5.41) is 0. The molecule has 0 unspecified atom stereocenters. The Morgan fingerprint density at radius 1 is 0.400 bits per heavy atom. The molecule has 0 saturated heterocycles. The summed E-state index contributed by atoms with van der Waals surface area (Å²) in [6.07, 6.45) is 0. The summed E-state index contributed by atoms with van der Waals surface area (Å²) in [4.78, 5) is 0. The van der Waals surface area contributed by atoms with Gasteiger partial charge < -0.3 is 18.8 Å². The van der Waals surface area contributed by atoms with Crippen molar-refractivity contribution < 1.29 is 18.8 Å². The monoisotopic (exact) mass is 206 g/mol. The van der Waals surface area contributed by atoms with E-state index in [2.05, 4.69) is 0 Å². The zero-order valence-electron chi connectivity index (χ0n) is 1.92. The van der Waals surface area contributed by atoms with Crippen molar-refractivity contribution in [2.75, 3.05) is 0 Å². The first-order valence-corrected chi connectivity index (χ1v) is 0. The zero-order chi connectivity index (χ0) is 0. The van der Waals surface area contributed by atoms with Crippen molar-refractivity contribution in [2.24, 2.45) is 0 Å². The second-order valence-electron chi connectivity index (χ2n) is 0. The van der Waals surface area contributed by atoms with Crippen molar-refractivity contribution in [1.29, 1.82) is 0 Å². The van der Waals surface area contributed by atoms with Crippen LogP contribution >= 0.6 is 0 Å². The Hall–Kier alpha value is 0.510. The molecule has 0 saturated carbocycles. The molecule has 0 amide bonds. The van der Waals surface area contributed by atoms with Gasteiger partial charge in [0.1, 0.15) is 0 Å². The van der Waals surface area contributed by atoms with Gasteiger partial charge in [-0.3, -0.25) is 0 Å². The summed E-state index contributed by atoms with van der Waals surface area (Å²) < 4.78 is 0. The summed E-state index contributed by atoms with van der Waals surface area (Å²) in [7, 11) is 0. The fraction of sp³-hybridized carbons (Fsp3) is 0. The molecule has 5 heavy (non-hydrogen) atoms. The smallest absolute Gasteiger partial charge is 1.00 e. The van der Waals surface area contributed by atoms with Crippen molar-refractivity contribution in [1.82, 2.24) is 0 Å². The molecule has 0 spiro atoms. The van der Waals surface area contributed by atoms with Gasteiger partial charge in [-0.2, -0.15) is 0 Å². The van der Waals surface area contributed by atoms with E-state index >= 15 is 0 Å². The van der Waals surface area contributed by atoms with E-state index in [0.29, 0.717) is 0 Å². The molecule has 0 rings (SSSR count). The fourth-order valence-corrected chi connectivity index (χ4v) is 0. The molecule has 0 aromatic heterocycles. The van der Waals surface area contributed by atoms with Gasteiger partial charge >= 0.3 is 23.7 Å². The Balaban J connectivity index is 0. The summed E-state index contributed by atoms with van der Waals surface area (Å²) in [5.41, 5.74) is 0. The summed E-state index contributed by atoms with van der Waals surface area (Å²) >= 11 is 0. The molecule has 0 aromatic carbocycles. The Labute approximate surface area is 43.1 Å². The third-order valence-corrected chi connectivity index (χ3v) is 0. The second-order valence-corrected chi connectivity index (χ2v) is 0. The molecule has 0 nitrogen and oxygen atoms in total. The van der Waals surface area contributed by atoms with Crippen molar-refractivity contribution in [3.05, 3.63) is 0 Å². The van der Waals surface area contributed by atoms with Crippen LogP contribution in [0.5, 0.6) is 0 Å². The molecule has 0 bridgehead atoms. The van der Waals surface area contributed by atoms with E-state index in [-0.39, 0.29) is 42.5 Å². The second kappa shape index (κ2) is 214. The van der Waals surface area contributed by atoms with Crippen LogP contribution in [0.1, 0.15) is 0 Å². The van der Waals surface area contributed by atoms with Crippen LogP contribution in [0.15, 0.2) is 0 Å². The normalized spacial score (nSPS) is 0. The molecule has 34 valence electrons. The number of halogens is 4. The summed E-state index contributed by atoms with van der Waals surface area (Å²) in [6, 6.07) is 0. The Kier molecular flexibility index (Phi) is 18500. The van der Waals surface area contributed by atoms with E-state index < -0.39 is 0 Å². The van der Waals surface area contributed by atoms with E-state index in [9.17, 15) is 0 Å². The fourth-order valence-electron chi connectivity index (χ4n) is 0. The van der Waals surface area contributed by atoms with Crippen molar-refractivity contribution >= 4 is 23.7 Å². The van der Waals surface area contributed by atoms with Gasteiger partial charge in [0.25, 0.3) is 0 Å². The first kappa shape index (κ1) is 431. The third-order valence-electron chi connectivity index (χ3n) is 0. The minimum absolute atomic E-state index is 0. The average molecular weight is 204 g/mol. The van der Waals surface area contributed by atoms with Crippen LogP contribution in [0, 0.1) is 0 Å². The minimum Gasteiger partial charge on any atom is -1.00 e. The van der Waals surface area contributed by atoms with Gasteiger partial charge in [0.15, 0.2) is 0 Å². The van der Waals surface area contributed by atoms with Gasteiger partial charge in [-0.05, 0) is 0 Å². The van der Waals surface area contributed by atoms with Crippen LogP contribution in [-0.4, -0.2) is 23.7 Å². The van der Waals surface area contributed by atoms with E-state index in [0.717, 1.165) is 0 Å². The van der Waals surface area contributed by atoms with Crippen molar-refractivity contribution in [2.45, 2.75) is 0 Å². The van der Waals surface area contributed by atoms with E-state index in [1.165, 1.54) is 0 Å². The number of hydrogen-bond donors (Lipinski definition) is 0. The molecule has 0 fully saturated rings. The molecular formula is F4Te. The number of hydrogen-bond acceptors (Lipinski definition) is 0. The zero-order valence-corrected chi connectivity index (χ0v) is 4.25. The largest absolute Gasteiger partial charge is 4.00 e. The predicted octanol–water partition coefficient (Wildman–Crippen LogP) is -12.4. The minimum atomic E-state index is 0. The topological polar surface area (TPSA) is 0 Å². The summed E-state index contributed by atoms with van der Waals surface area (Å²) in [5.74, 6) is 0. The van der Waals surface area contributed by atoms with Crippen LogP contribution in [0.2, 0.25) is 0 Å². The first-order valence-electron chi connectivity index (χ1n) is 0.